The van der Waals surface area contributed by atoms with Crippen molar-refractivity contribution in [1.82, 2.24) is 0 Å². The summed E-state index contributed by atoms with van der Waals surface area (Å²) in [7, 11) is 0. The van der Waals surface area contributed by atoms with Crippen LogP contribution in [0, 0.1) is 23.7 Å². The van der Waals surface area contributed by atoms with Crippen molar-refractivity contribution in [2.75, 3.05) is 0 Å². The Morgan fingerprint density at radius 2 is 1.52 bits per heavy atom. The SMILES string of the molecule is C=C(/C=C(/C=C/C(=O)O)CC)C[C@H](C)C[C@@H](C)CC[C@H](O)[C@H](C)C(=O)C[C@@H](O)[C@H](C)[C@@H](C)OC(=O)C[C@@H](O)C1=C(C)C(=O)OC1=O. The van der Waals surface area contributed by atoms with E-state index in [0.717, 1.165) is 30.1 Å². The number of esters is 3. The first-order valence-corrected chi connectivity index (χ1v) is 15.9. The highest BCUT2D eigenvalue weighted by atomic mass is 16.6. The van der Waals surface area contributed by atoms with Crippen LogP contribution in [0.15, 0.2) is 47.1 Å². The van der Waals surface area contributed by atoms with E-state index in [0.29, 0.717) is 25.2 Å². The Morgan fingerprint density at radius 1 is 0.891 bits per heavy atom. The number of hydrogen-bond acceptors (Lipinski definition) is 10. The maximum absolute atomic E-state index is 12.9. The lowest BCUT2D eigenvalue weighted by atomic mass is 9.85. The Balaban J connectivity index is 2.52. The Kier molecular flexibility index (Phi) is 17.0. The van der Waals surface area contributed by atoms with Crippen molar-refractivity contribution >= 4 is 29.7 Å². The first-order chi connectivity index (χ1) is 21.4. The molecule has 1 heterocycles. The van der Waals surface area contributed by atoms with Gasteiger partial charge in [0, 0.05) is 29.9 Å². The molecule has 0 unspecified atom stereocenters. The lowest BCUT2D eigenvalue weighted by molar-refractivity contribution is -0.154. The summed E-state index contributed by atoms with van der Waals surface area (Å²) < 4.78 is 9.73. The normalized spacial score (nSPS) is 19.2. The molecule has 11 nitrogen and oxygen atoms in total. The van der Waals surface area contributed by atoms with E-state index in [-0.39, 0.29) is 29.3 Å². The maximum Gasteiger partial charge on any atom is 0.345 e. The number of aliphatic carboxylic acids is 1. The monoisotopic (exact) mass is 648 g/mol. The number of carbonyl (C=O) groups is 5. The molecule has 1 rings (SSSR count). The van der Waals surface area contributed by atoms with Crippen LogP contribution in [0.3, 0.4) is 0 Å². The Bertz CT molecular complexity index is 1210. The van der Waals surface area contributed by atoms with Crippen molar-refractivity contribution in [3.8, 4) is 0 Å². The molecule has 0 fully saturated rings. The van der Waals surface area contributed by atoms with Gasteiger partial charge in [-0.05, 0) is 63.4 Å². The number of cyclic esters (lactones) is 2. The molecule has 0 spiro atoms. The van der Waals surface area contributed by atoms with Gasteiger partial charge in [0.1, 0.15) is 11.9 Å². The van der Waals surface area contributed by atoms with E-state index in [2.05, 4.69) is 25.2 Å². The number of aliphatic hydroxyl groups excluding tert-OH is 3. The van der Waals surface area contributed by atoms with Crippen LogP contribution in [0.1, 0.15) is 93.4 Å². The quantitative estimate of drug-likeness (QED) is 0.0599. The van der Waals surface area contributed by atoms with E-state index >= 15 is 0 Å². The molecule has 0 aliphatic carbocycles. The fraction of sp³-hybridized carbons (Fsp3) is 0.629. The predicted molar refractivity (Wildman–Crippen MR) is 171 cm³/mol. The van der Waals surface area contributed by atoms with Gasteiger partial charge in [0.15, 0.2) is 0 Å². The van der Waals surface area contributed by atoms with Crippen LogP contribution in [-0.2, 0) is 33.4 Å². The number of ether oxygens (including phenoxy) is 2. The van der Waals surface area contributed by atoms with Crippen LogP contribution in [-0.4, -0.2) is 74.5 Å². The number of carbonyl (C=O) groups excluding carboxylic acids is 4. The van der Waals surface area contributed by atoms with Gasteiger partial charge in [-0.15, -0.1) is 0 Å². The molecule has 0 aromatic carbocycles. The molecule has 0 radical (unpaired) electrons. The van der Waals surface area contributed by atoms with Crippen LogP contribution in [0.5, 0.6) is 0 Å². The molecule has 11 heteroatoms. The largest absolute Gasteiger partial charge is 0.478 e. The fourth-order valence-electron chi connectivity index (χ4n) is 5.40. The summed E-state index contributed by atoms with van der Waals surface area (Å²) in [4.78, 5) is 59.3. The van der Waals surface area contributed by atoms with Crippen LogP contribution in [0.4, 0.5) is 0 Å². The number of allylic oxidation sites excluding steroid dienone is 4. The molecule has 0 amide bonds. The molecule has 46 heavy (non-hydrogen) atoms. The maximum atomic E-state index is 12.9. The molecular weight excluding hydrogens is 596 g/mol. The fourth-order valence-corrected chi connectivity index (χ4v) is 5.40. The van der Waals surface area contributed by atoms with E-state index < -0.39 is 66.5 Å². The smallest absolute Gasteiger partial charge is 0.345 e. The number of ketones is 1. The zero-order valence-electron chi connectivity index (χ0n) is 28.2. The highest BCUT2D eigenvalue weighted by Gasteiger charge is 2.36. The highest BCUT2D eigenvalue weighted by Crippen LogP contribution is 2.26. The molecule has 4 N–H and O–H groups in total. The second kappa shape index (κ2) is 19.3. The molecule has 0 saturated heterocycles. The van der Waals surface area contributed by atoms with E-state index in [1.807, 2.05) is 13.0 Å². The molecule has 0 aromatic heterocycles. The second-order valence-corrected chi connectivity index (χ2v) is 12.7. The van der Waals surface area contributed by atoms with Crippen molar-refractivity contribution in [1.29, 1.82) is 0 Å². The summed E-state index contributed by atoms with van der Waals surface area (Å²) in [6.45, 7) is 16.3. The van der Waals surface area contributed by atoms with Crippen molar-refractivity contribution in [2.24, 2.45) is 23.7 Å². The molecule has 0 saturated carbocycles. The van der Waals surface area contributed by atoms with Gasteiger partial charge < -0.3 is 29.9 Å². The molecule has 0 bridgehead atoms. The molecule has 8 atom stereocenters. The van der Waals surface area contributed by atoms with Crippen LogP contribution in [0.2, 0.25) is 0 Å². The molecular formula is C35H52O11. The zero-order valence-corrected chi connectivity index (χ0v) is 28.2. The Morgan fingerprint density at radius 3 is 2.07 bits per heavy atom. The van der Waals surface area contributed by atoms with E-state index in [9.17, 15) is 39.3 Å². The van der Waals surface area contributed by atoms with E-state index in [1.165, 1.54) is 13.8 Å². The Hall–Kier alpha value is -3.41. The minimum Gasteiger partial charge on any atom is -0.478 e. The van der Waals surface area contributed by atoms with Gasteiger partial charge in [0.25, 0.3) is 0 Å². The summed E-state index contributed by atoms with van der Waals surface area (Å²) >= 11 is 0. The van der Waals surface area contributed by atoms with Crippen LogP contribution < -0.4 is 0 Å². The number of carboxylic acid groups (broad SMARTS) is 1. The van der Waals surface area contributed by atoms with Gasteiger partial charge >= 0.3 is 23.9 Å². The minimum atomic E-state index is -1.58. The molecule has 0 aromatic rings. The van der Waals surface area contributed by atoms with Crippen molar-refractivity contribution < 1.29 is 53.9 Å². The summed E-state index contributed by atoms with van der Waals surface area (Å²) in [5, 5.41) is 40.5. The summed E-state index contributed by atoms with van der Waals surface area (Å²) in [5.74, 6) is -4.83. The number of Topliss-reactive ketones (excluding diaryl/α,β-unsaturated/α-hetero) is 1. The summed E-state index contributed by atoms with van der Waals surface area (Å²) in [6, 6.07) is 0. The number of carboxylic acids is 1. The van der Waals surface area contributed by atoms with Crippen LogP contribution in [0.25, 0.3) is 0 Å². The van der Waals surface area contributed by atoms with E-state index in [1.54, 1.807) is 19.9 Å². The third-order valence-corrected chi connectivity index (χ3v) is 8.58. The number of rotatable bonds is 21. The van der Waals surface area contributed by atoms with Gasteiger partial charge in [0.05, 0.1) is 30.3 Å². The van der Waals surface area contributed by atoms with Gasteiger partial charge in [-0.1, -0.05) is 58.9 Å². The van der Waals surface area contributed by atoms with Crippen molar-refractivity contribution in [3.05, 3.63) is 47.1 Å². The predicted octanol–water partition coefficient (Wildman–Crippen LogP) is 4.39. The van der Waals surface area contributed by atoms with E-state index in [4.69, 9.17) is 9.84 Å². The highest BCUT2D eigenvalue weighted by molar-refractivity contribution is 6.12. The van der Waals surface area contributed by atoms with Gasteiger partial charge in [0.2, 0.25) is 0 Å². The number of hydrogen-bond donors (Lipinski definition) is 4. The average molecular weight is 649 g/mol. The Labute approximate surface area is 272 Å². The standard InChI is InChI=1S/C35H52O11/c1-9-26(11-13-31(40)41)16-21(4)15-20(3)14-19(2)10-12-27(36)23(6)29(38)17-28(37)22(5)25(8)45-32(42)18-30(39)33-24(7)34(43)46-35(33)44/h11,13,16,19-20,22-23,25,27-28,30,36-37,39H,4,9-10,12,14-15,17-18H2,1-3,5-8H3,(H,40,41)/b13-11+,26-16+/t19-,20+,22+,23-,25+,27-,28+,30+/m0/s1. The van der Waals surface area contributed by atoms with Gasteiger partial charge in [-0.3, -0.25) is 9.59 Å². The first kappa shape index (κ1) is 40.6. The summed E-state index contributed by atoms with van der Waals surface area (Å²) in [5.41, 5.74) is 1.44. The molecule has 1 aliphatic heterocycles. The third-order valence-electron chi connectivity index (χ3n) is 8.58. The summed E-state index contributed by atoms with van der Waals surface area (Å²) in [6.07, 6.45) is 2.76. The van der Waals surface area contributed by atoms with Crippen molar-refractivity contribution in [2.45, 2.75) is 118 Å². The molecule has 258 valence electrons. The van der Waals surface area contributed by atoms with Gasteiger partial charge in [-0.25, -0.2) is 14.4 Å². The zero-order chi connectivity index (χ0) is 35.3. The van der Waals surface area contributed by atoms with Crippen molar-refractivity contribution in [3.63, 3.8) is 0 Å². The topological polar surface area (TPSA) is 185 Å². The number of aliphatic hydroxyl groups is 3. The third kappa shape index (κ3) is 13.5. The average Bonchev–Trinajstić information content (AvgIpc) is 3.22. The minimum absolute atomic E-state index is 0.0771. The lowest BCUT2D eigenvalue weighted by Gasteiger charge is -2.27. The first-order valence-electron chi connectivity index (χ1n) is 15.9. The van der Waals surface area contributed by atoms with Crippen LogP contribution >= 0.6 is 0 Å². The lowest BCUT2D eigenvalue weighted by Crippen LogP contribution is -2.36. The second-order valence-electron chi connectivity index (χ2n) is 12.7. The van der Waals surface area contributed by atoms with Gasteiger partial charge in [-0.2, -0.15) is 0 Å². The molecule has 1 aliphatic rings.